The third-order valence-corrected chi connectivity index (χ3v) is 6.10. The zero-order valence-corrected chi connectivity index (χ0v) is 14.4. The molecule has 7 heteroatoms. The molecule has 0 saturated carbocycles. The fraction of sp³-hybridized carbons (Fsp3) is 0.286. The number of anilines is 1. The second kappa shape index (κ2) is 6.36. The molecule has 0 aliphatic carbocycles. The predicted octanol–water partition coefficient (Wildman–Crippen LogP) is 3.54. The summed E-state index contributed by atoms with van der Waals surface area (Å²) in [5.41, 5.74) is 2.08. The Kier molecular flexibility index (Phi) is 4.93. The van der Waals surface area contributed by atoms with Crippen molar-refractivity contribution in [2.24, 2.45) is 0 Å². The van der Waals surface area contributed by atoms with E-state index in [0.717, 1.165) is 16.0 Å². The number of nitrogens with one attached hydrogen (secondary N) is 2. The first-order chi connectivity index (χ1) is 9.85. The van der Waals surface area contributed by atoms with Gasteiger partial charge in [-0.05, 0) is 49.5 Å². The van der Waals surface area contributed by atoms with Crippen LogP contribution in [0.25, 0.3) is 0 Å². The number of hydrogen-bond donors (Lipinski definition) is 2. The van der Waals surface area contributed by atoms with E-state index in [0.29, 0.717) is 22.2 Å². The van der Waals surface area contributed by atoms with Crippen molar-refractivity contribution in [3.8, 4) is 0 Å². The van der Waals surface area contributed by atoms with Gasteiger partial charge in [-0.2, -0.15) is 0 Å². The van der Waals surface area contributed by atoms with Crippen LogP contribution in [0.5, 0.6) is 0 Å². The summed E-state index contributed by atoms with van der Waals surface area (Å²) in [6.45, 7) is 4.15. The van der Waals surface area contributed by atoms with Gasteiger partial charge in [-0.15, -0.1) is 11.3 Å². The van der Waals surface area contributed by atoms with Crippen LogP contribution < -0.4 is 10.0 Å². The summed E-state index contributed by atoms with van der Waals surface area (Å²) in [6, 6.07) is 5.14. The van der Waals surface area contributed by atoms with Crippen molar-refractivity contribution in [2.45, 2.75) is 25.3 Å². The zero-order chi connectivity index (χ0) is 15.6. The Labute approximate surface area is 134 Å². The molecule has 0 bridgehead atoms. The molecule has 1 aromatic heterocycles. The molecule has 1 aromatic carbocycles. The van der Waals surface area contributed by atoms with E-state index in [1.807, 2.05) is 12.3 Å². The standard InChI is InChI=1S/C14H17ClN2O2S2/c1-9-4-5-11(15)6-12(9)17-21(18,19)14-10(2)8-20-13(14)7-16-3/h4-6,8,16-17H,7H2,1-3H3. The largest absolute Gasteiger partial charge is 0.315 e. The third-order valence-electron chi connectivity index (χ3n) is 3.04. The zero-order valence-electron chi connectivity index (χ0n) is 12.0. The predicted molar refractivity (Wildman–Crippen MR) is 88.8 cm³/mol. The van der Waals surface area contributed by atoms with Crippen molar-refractivity contribution in [3.63, 3.8) is 0 Å². The number of rotatable bonds is 5. The molecule has 0 fully saturated rings. The molecule has 114 valence electrons. The van der Waals surface area contributed by atoms with Crippen LogP contribution in [0.4, 0.5) is 5.69 Å². The maximum absolute atomic E-state index is 12.7. The summed E-state index contributed by atoms with van der Waals surface area (Å²) in [5, 5.41) is 5.34. The molecule has 0 amide bonds. The Morgan fingerprint density at radius 2 is 1.95 bits per heavy atom. The molecule has 0 atom stereocenters. The van der Waals surface area contributed by atoms with Crippen molar-refractivity contribution in [2.75, 3.05) is 11.8 Å². The Morgan fingerprint density at radius 3 is 2.62 bits per heavy atom. The summed E-state index contributed by atoms with van der Waals surface area (Å²) >= 11 is 7.38. The van der Waals surface area contributed by atoms with Crippen molar-refractivity contribution >= 4 is 38.6 Å². The minimum atomic E-state index is -3.63. The van der Waals surface area contributed by atoms with Gasteiger partial charge in [0.05, 0.1) is 5.69 Å². The number of hydrogen-bond acceptors (Lipinski definition) is 4. The van der Waals surface area contributed by atoms with Gasteiger partial charge in [0.1, 0.15) is 4.90 Å². The highest BCUT2D eigenvalue weighted by molar-refractivity contribution is 7.93. The van der Waals surface area contributed by atoms with Gasteiger partial charge in [-0.1, -0.05) is 17.7 Å². The van der Waals surface area contributed by atoms with Crippen LogP contribution in [-0.4, -0.2) is 15.5 Å². The fourth-order valence-electron chi connectivity index (χ4n) is 2.03. The normalized spacial score (nSPS) is 11.6. The molecule has 0 aliphatic heterocycles. The van der Waals surface area contributed by atoms with Gasteiger partial charge in [0.15, 0.2) is 0 Å². The summed E-state index contributed by atoms with van der Waals surface area (Å²) in [7, 11) is -1.84. The minimum absolute atomic E-state index is 0.348. The molecule has 4 nitrogen and oxygen atoms in total. The van der Waals surface area contributed by atoms with E-state index in [9.17, 15) is 8.42 Å². The van der Waals surface area contributed by atoms with E-state index in [-0.39, 0.29) is 0 Å². The monoisotopic (exact) mass is 344 g/mol. The minimum Gasteiger partial charge on any atom is -0.315 e. The lowest BCUT2D eigenvalue weighted by molar-refractivity contribution is 0.599. The van der Waals surface area contributed by atoms with Gasteiger partial charge in [0.2, 0.25) is 0 Å². The highest BCUT2D eigenvalue weighted by Gasteiger charge is 2.23. The Hall–Kier alpha value is -1.08. The van der Waals surface area contributed by atoms with E-state index in [1.54, 1.807) is 32.2 Å². The van der Waals surface area contributed by atoms with E-state index in [2.05, 4.69) is 10.0 Å². The first-order valence-corrected chi connectivity index (χ1v) is 9.09. The molecular weight excluding hydrogens is 328 g/mol. The van der Waals surface area contributed by atoms with Gasteiger partial charge in [-0.25, -0.2) is 8.42 Å². The Balaban J connectivity index is 2.43. The molecule has 1 heterocycles. The van der Waals surface area contributed by atoms with Crippen LogP contribution >= 0.6 is 22.9 Å². The summed E-state index contributed by atoms with van der Waals surface area (Å²) in [4.78, 5) is 1.14. The summed E-state index contributed by atoms with van der Waals surface area (Å²) < 4.78 is 28.0. The van der Waals surface area contributed by atoms with Crippen molar-refractivity contribution in [1.82, 2.24) is 5.32 Å². The van der Waals surface area contributed by atoms with Gasteiger partial charge >= 0.3 is 0 Å². The van der Waals surface area contributed by atoms with Crippen molar-refractivity contribution < 1.29 is 8.42 Å². The average molecular weight is 345 g/mol. The van der Waals surface area contributed by atoms with Crippen LogP contribution in [0.3, 0.4) is 0 Å². The lowest BCUT2D eigenvalue weighted by Crippen LogP contribution is -2.17. The van der Waals surface area contributed by atoms with Gasteiger partial charge in [-0.3, -0.25) is 4.72 Å². The first-order valence-electron chi connectivity index (χ1n) is 6.35. The number of sulfonamides is 1. The lowest BCUT2D eigenvalue weighted by Gasteiger charge is -2.12. The summed E-state index contributed by atoms with van der Waals surface area (Å²) in [6.07, 6.45) is 0. The molecule has 0 radical (unpaired) electrons. The lowest BCUT2D eigenvalue weighted by atomic mass is 10.2. The third kappa shape index (κ3) is 3.58. The van der Waals surface area contributed by atoms with Crippen LogP contribution in [0.2, 0.25) is 5.02 Å². The Bertz CT molecular complexity index is 754. The number of benzene rings is 1. The van der Waals surface area contributed by atoms with Crippen LogP contribution in [0.1, 0.15) is 16.0 Å². The molecular formula is C14H17ClN2O2S2. The highest BCUT2D eigenvalue weighted by atomic mass is 35.5. The highest BCUT2D eigenvalue weighted by Crippen LogP contribution is 2.30. The molecule has 2 aromatic rings. The van der Waals surface area contributed by atoms with Crippen molar-refractivity contribution in [3.05, 3.63) is 44.6 Å². The van der Waals surface area contributed by atoms with Gasteiger partial charge < -0.3 is 5.32 Å². The maximum Gasteiger partial charge on any atom is 0.263 e. The number of aryl methyl sites for hydroxylation is 2. The molecule has 0 aliphatic rings. The van der Waals surface area contributed by atoms with Crippen LogP contribution in [-0.2, 0) is 16.6 Å². The molecule has 0 spiro atoms. The van der Waals surface area contributed by atoms with E-state index < -0.39 is 10.0 Å². The Morgan fingerprint density at radius 1 is 1.24 bits per heavy atom. The second-order valence-corrected chi connectivity index (χ2v) is 7.79. The fourth-order valence-corrected chi connectivity index (χ4v) is 5.15. The molecule has 0 unspecified atom stereocenters. The molecule has 0 saturated heterocycles. The van der Waals surface area contributed by atoms with Gasteiger partial charge in [0.25, 0.3) is 10.0 Å². The summed E-state index contributed by atoms with van der Waals surface area (Å²) in [5.74, 6) is 0. The van der Waals surface area contributed by atoms with Crippen LogP contribution in [0.15, 0.2) is 28.5 Å². The number of thiophene rings is 1. The van der Waals surface area contributed by atoms with E-state index in [1.165, 1.54) is 11.3 Å². The second-order valence-electron chi connectivity index (χ2n) is 4.77. The maximum atomic E-state index is 12.7. The number of halogens is 1. The van der Waals surface area contributed by atoms with E-state index >= 15 is 0 Å². The SMILES string of the molecule is CNCc1scc(C)c1S(=O)(=O)Nc1cc(Cl)ccc1C. The van der Waals surface area contributed by atoms with Crippen LogP contribution in [0, 0.1) is 13.8 Å². The molecule has 21 heavy (non-hydrogen) atoms. The first kappa shape index (κ1) is 16.3. The average Bonchev–Trinajstić information content (AvgIpc) is 2.76. The molecule has 2 N–H and O–H groups in total. The van der Waals surface area contributed by atoms with Crippen molar-refractivity contribution in [1.29, 1.82) is 0 Å². The molecule has 2 rings (SSSR count). The smallest absolute Gasteiger partial charge is 0.263 e. The topological polar surface area (TPSA) is 58.2 Å². The van der Waals surface area contributed by atoms with Gasteiger partial charge in [0, 0.05) is 16.4 Å². The quantitative estimate of drug-likeness (QED) is 0.872. The van der Waals surface area contributed by atoms with E-state index in [4.69, 9.17) is 11.6 Å².